The van der Waals surface area contributed by atoms with E-state index < -0.39 is 28.3 Å². The maximum Gasteiger partial charge on any atom is 0.416 e. The Morgan fingerprint density at radius 1 is 1.29 bits per heavy atom. The van der Waals surface area contributed by atoms with Crippen molar-refractivity contribution in [3.63, 3.8) is 0 Å². The minimum atomic E-state index is -4.70. The lowest BCUT2D eigenvalue weighted by molar-refractivity contribution is -0.384. The summed E-state index contributed by atoms with van der Waals surface area (Å²) < 4.78 is 38.5. The number of hydrogen-bond acceptors (Lipinski definition) is 6. The number of benzene rings is 1. The molecule has 34 heavy (non-hydrogen) atoms. The number of aryl methyl sites for hydroxylation is 1. The van der Waals surface area contributed by atoms with Crippen molar-refractivity contribution in [2.75, 3.05) is 30.3 Å². The maximum atomic E-state index is 12.8. The lowest BCUT2D eigenvalue weighted by Gasteiger charge is -2.32. The van der Waals surface area contributed by atoms with Gasteiger partial charge in [0.15, 0.2) is 0 Å². The zero-order valence-corrected chi connectivity index (χ0v) is 18.4. The molecule has 0 spiro atoms. The minimum Gasteiger partial charge on any atom is -0.379 e. The van der Waals surface area contributed by atoms with Crippen LogP contribution in [0.1, 0.15) is 30.4 Å². The molecule has 2 aromatic rings. The molecule has 1 aliphatic rings. The summed E-state index contributed by atoms with van der Waals surface area (Å²) in [5, 5.41) is 16.6. The molecule has 0 saturated carbocycles. The monoisotopic (exact) mass is 479 g/mol. The summed E-state index contributed by atoms with van der Waals surface area (Å²) in [4.78, 5) is 41.2. The molecule has 1 aromatic carbocycles. The Hall–Kier alpha value is -3.70. The maximum absolute atomic E-state index is 12.8. The number of carbonyl (C=O) groups excluding carboxylic acids is 2. The van der Waals surface area contributed by atoms with Crippen molar-refractivity contribution in [1.29, 1.82) is 0 Å². The molecule has 1 atom stereocenters. The van der Waals surface area contributed by atoms with Crippen LogP contribution in [0.2, 0.25) is 0 Å². The van der Waals surface area contributed by atoms with Gasteiger partial charge in [-0.15, -0.1) is 0 Å². The second-order valence-electron chi connectivity index (χ2n) is 8.00. The lowest BCUT2D eigenvalue weighted by Crippen LogP contribution is -2.44. The van der Waals surface area contributed by atoms with Crippen LogP contribution in [0.25, 0.3) is 0 Å². The van der Waals surface area contributed by atoms with Crippen LogP contribution in [0.3, 0.4) is 0 Å². The van der Waals surface area contributed by atoms with E-state index in [9.17, 15) is 32.9 Å². The summed E-state index contributed by atoms with van der Waals surface area (Å²) in [6.45, 7) is 2.53. The van der Waals surface area contributed by atoms with Gasteiger partial charge in [-0.25, -0.2) is 4.98 Å². The van der Waals surface area contributed by atoms with Crippen LogP contribution in [0, 0.1) is 23.0 Å². The van der Waals surface area contributed by atoms with Crippen molar-refractivity contribution in [3.05, 3.63) is 57.8 Å². The van der Waals surface area contributed by atoms with E-state index in [4.69, 9.17) is 0 Å². The van der Waals surface area contributed by atoms with Gasteiger partial charge in [-0.1, -0.05) is 6.07 Å². The van der Waals surface area contributed by atoms with Crippen molar-refractivity contribution in [2.45, 2.75) is 32.4 Å². The van der Waals surface area contributed by atoms with Gasteiger partial charge >= 0.3 is 6.18 Å². The summed E-state index contributed by atoms with van der Waals surface area (Å²) >= 11 is 0. The van der Waals surface area contributed by atoms with Gasteiger partial charge in [0.25, 0.3) is 5.69 Å². The molecule has 1 aromatic heterocycles. The molecule has 2 heterocycles. The van der Waals surface area contributed by atoms with Crippen LogP contribution in [0.5, 0.6) is 0 Å². The predicted octanol–water partition coefficient (Wildman–Crippen LogP) is 4.00. The van der Waals surface area contributed by atoms with Crippen LogP contribution in [-0.2, 0) is 15.8 Å². The molecular weight excluding hydrogens is 455 g/mol. The smallest absolute Gasteiger partial charge is 0.379 e. The number of nitrogens with one attached hydrogen (secondary N) is 2. The molecule has 0 bridgehead atoms. The first kappa shape index (κ1) is 24.9. The second-order valence-corrected chi connectivity index (χ2v) is 8.00. The van der Waals surface area contributed by atoms with Gasteiger partial charge in [0.2, 0.25) is 11.8 Å². The van der Waals surface area contributed by atoms with Crippen LogP contribution >= 0.6 is 0 Å². The number of halogens is 3. The fourth-order valence-corrected chi connectivity index (χ4v) is 3.72. The third kappa shape index (κ3) is 6.21. The molecular formula is C22H24F3N5O4. The molecule has 182 valence electrons. The van der Waals surface area contributed by atoms with Crippen LogP contribution in [0.4, 0.5) is 30.4 Å². The van der Waals surface area contributed by atoms with Gasteiger partial charge in [-0.2, -0.15) is 13.2 Å². The third-order valence-corrected chi connectivity index (χ3v) is 5.57. The average Bonchev–Trinajstić information content (AvgIpc) is 2.80. The summed E-state index contributed by atoms with van der Waals surface area (Å²) in [6.07, 6.45) is -1.90. The first-order valence-electron chi connectivity index (χ1n) is 10.7. The number of nitrogens with zero attached hydrogens (tertiary/aromatic N) is 3. The van der Waals surface area contributed by atoms with Crippen molar-refractivity contribution in [1.82, 2.24) is 9.88 Å². The highest BCUT2D eigenvalue weighted by Crippen LogP contribution is 2.35. The first-order chi connectivity index (χ1) is 16.1. The predicted molar refractivity (Wildman–Crippen MR) is 118 cm³/mol. The van der Waals surface area contributed by atoms with Crippen molar-refractivity contribution < 1.29 is 27.7 Å². The summed E-state index contributed by atoms with van der Waals surface area (Å²) in [7, 11) is 0. The molecule has 1 aliphatic heterocycles. The molecule has 0 radical (unpaired) electrons. The van der Waals surface area contributed by atoms with Gasteiger partial charge < -0.3 is 15.5 Å². The second kappa shape index (κ2) is 10.5. The highest BCUT2D eigenvalue weighted by molar-refractivity contribution is 5.93. The van der Waals surface area contributed by atoms with Gasteiger partial charge in [0, 0.05) is 38.3 Å². The number of pyridine rings is 1. The summed E-state index contributed by atoms with van der Waals surface area (Å²) in [6, 6.07) is 5.77. The van der Waals surface area contributed by atoms with E-state index in [0.29, 0.717) is 31.3 Å². The molecule has 12 heteroatoms. The standard InChI is InChI=1S/C22H24F3N5O4/c1-14-4-2-9-27-20(14)28-21(32)15-5-3-11-29(13-15)19(31)8-10-26-17-7-6-16(22(23,24)25)12-18(17)30(33)34/h2,4,6-7,9,12,15,26H,3,5,8,10-11,13H2,1H3,(H,27,28,32). The molecule has 9 nitrogen and oxygen atoms in total. The van der Waals surface area contributed by atoms with Gasteiger partial charge in [-0.3, -0.25) is 19.7 Å². The van der Waals surface area contributed by atoms with Crippen LogP contribution in [0.15, 0.2) is 36.5 Å². The first-order valence-corrected chi connectivity index (χ1v) is 10.7. The van der Waals surface area contributed by atoms with E-state index in [1.807, 2.05) is 13.0 Å². The molecule has 2 N–H and O–H groups in total. The Balaban J connectivity index is 1.55. The number of alkyl halides is 3. The van der Waals surface area contributed by atoms with Gasteiger partial charge in [-0.05, 0) is 43.5 Å². The van der Waals surface area contributed by atoms with Crippen LogP contribution in [-0.4, -0.2) is 46.3 Å². The Kier molecular flexibility index (Phi) is 7.69. The number of piperidine rings is 1. The molecule has 1 unspecified atom stereocenters. The summed E-state index contributed by atoms with van der Waals surface area (Å²) in [5.74, 6) is -0.410. The van der Waals surface area contributed by atoms with Gasteiger partial charge in [0.1, 0.15) is 11.5 Å². The highest BCUT2D eigenvalue weighted by atomic mass is 19.4. The number of aromatic nitrogens is 1. The van der Waals surface area contributed by atoms with Crippen molar-refractivity contribution in [3.8, 4) is 0 Å². The quantitative estimate of drug-likeness (QED) is 0.458. The fraction of sp³-hybridized carbons (Fsp3) is 0.409. The Labute approximate surface area is 193 Å². The normalized spacial score (nSPS) is 16.1. The largest absolute Gasteiger partial charge is 0.416 e. The number of nitro groups is 1. The highest BCUT2D eigenvalue weighted by Gasteiger charge is 2.33. The molecule has 0 aliphatic carbocycles. The number of anilines is 2. The molecule has 1 saturated heterocycles. The zero-order chi connectivity index (χ0) is 24.9. The minimum absolute atomic E-state index is 0.00840. The van der Waals surface area contributed by atoms with E-state index in [1.165, 1.54) is 0 Å². The van der Waals surface area contributed by atoms with Crippen molar-refractivity contribution in [2.24, 2.45) is 5.92 Å². The van der Waals surface area contributed by atoms with E-state index in [1.54, 1.807) is 17.2 Å². The van der Waals surface area contributed by atoms with E-state index in [2.05, 4.69) is 15.6 Å². The third-order valence-electron chi connectivity index (χ3n) is 5.57. The van der Waals surface area contributed by atoms with Crippen LogP contribution < -0.4 is 10.6 Å². The zero-order valence-electron chi connectivity index (χ0n) is 18.4. The SMILES string of the molecule is Cc1cccnc1NC(=O)C1CCCN(C(=O)CCNc2ccc(C(F)(F)F)cc2[N+](=O)[O-])C1. The van der Waals surface area contributed by atoms with Gasteiger partial charge in [0.05, 0.1) is 16.4 Å². The number of hydrogen-bond donors (Lipinski definition) is 2. The number of rotatable bonds is 7. The number of likely N-dealkylation sites (tertiary alicyclic amines) is 1. The summed E-state index contributed by atoms with van der Waals surface area (Å²) in [5.41, 5.74) is -1.13. The van der Waals surface area contributed by atoms with E-state index >= 15 is 0 Å². The Morgan fingerprint density at radius 2 is 2.06 bits per heavy atom. The number of amides is 2. The molecule has 1 fully saturated rings. The Morgan fingerprint density at radius 3 is 2.74 bits per heavy atom. The fourth-order valence-electron chi connectivity index (χ4n) is 3.72. The van der Waals surface area contributed by atoms with E-state index in [0.717, 1.165) is 17.7 Å². The number of nitro benzene ring substituents is 1. The molecule has 2 amide bonds. The number of carbonyl (C=O) groups is 2. The lowest BCUT2D eigenvalue weighted by atomic mass is 9.96. The topological polar surface area (TPSA) is 117 Å². The van der Waals surface area contributed by atoms with Crippen molar-refractivity contribution >= 4 is 29.0 Å². The average molecular weight is 479 g/mol. The molecule has 3 rings (SSSR count). The van der Waals surface area contributed by atoms with E-state index in [-0.39, 0.29) is 37.0 Å². The Bertz CT molecular complexity index is 1080.